The molecule has 2 rings (SSSR count). The van der Waals surface area contributed by atoms with Gasteiger partial charge in [-0.1, -0.05) is 30.3 Å². The van der Waals surface area contributed by atoms with Gasteiger partial charge in [-0.2, -0.15) is 0 Å². The largest absolute Gasteiger partial charge is 0.445 e. The molecule has 0 aromatic heterocycles. The van der Waals surface area contributed by atoms with Crippen molar-refractivity contribution in [1.82, 2.24) is 4.90 Å². The van der Waals surface area contributed by atoms with E-state index in [0.29, 0.717) is 6.61 Å². The summed E-state index contributed by atoms with van der Waals surface area (Å²) in [5, 5.41) is 0. The lowest BCUT2D eigenvalue weighted by Gasteiger charge is -2.38. The molecule has 1 aromatic carbocycles. The van der Waals surface area contributed by atoms with E-state index in [1.165, 1.54) is 0 Å². The summed E-state index contributed by atoms with van der Waals surface area (Å²) in [4.78, 5) is 13.4. The first-order valence-corrected chi connectivity index (χ1v) is 5.86. The average Bonchev–Trinajstić information content (AvgIpc) is 2.32. The molecular formula is C13H18N2O2. The third-order valence-electron chi connectivity index (χ3n) is 3.19. The van der Waals surface area contributed by atoms with Gasteiger partial charge in [0.2, 0.25) is 0 Å². The van der Waals surface area contributed by atoms with Crippen molar-refractivity contribution in [3.05, 3.63) is 35.9 Å². The predicted molar refractivity (Wildman–Crippen MR) is 65.4 cm³/mol. The Labute approximate surface area is 101 Å². The number of rotatable bonds is 3. The maximum atomic E-state index is 11.7. The number of amides is 1. The Balaban J connectivity index is 1.77. The molecule has 17 heavy (non-hydrogen) atoms. The standard InChI is InChI=1S/C13H18N2O2/c1-15(12-7-11(14)8-12)13(16)17-9-10-5-3-2-4-6-10/h2-6,11-12H,7-9,14H2,1H3/t11-,12+. The molecule has 0 atom stereocenters. The van der Waals surface area contributed by atoms with Crippen molar-refractivity contribution < 1.29 is 9.53 Å². The van der Waals surface area contributed by atoms with Crippen LogP contribution in [0, 0.1) is 0 Å². The molecule has 0 unspecified atom stereocenters. The van der Waals surface area contributed by atoms with Gasteiger partial charge in [-0.05, 0) is 18.4 Å². The third-order valence-corrected chi connectivity index (χ3v) is 3.19. The molecule has 0 spiro atoms. The van der Waals surface area contributed by atoms with E-state index >= 15 is 0 Å². The minimum Gasteiger partial charge on any atom is -0.445 e. The van der Waals surface area contributed by atoms with Gasteiger partial charge in [0.05, 0.1) is 0 Å². The fraction of sp³-hybridized carbons (Fsp3) is 0.462. The highest BCUT2D eigenvalue weighted by atomic mass is 16.6. The van der Waals surface area contributed by atoms with Gasteiger partial charge in [-0.15, -0.1) is 0 Å². The van der Waals surface area contributed by atoms with Crippen LogP contribution in [0.3, 0.4) is 0 Å². The van der Waals surface area contributed by atoms with Crippen molar-refractivity contribution in [3.63, 3.8) is 0 Å². The molecule has 0 saturated heterocycles. The zero-order chi connectivity index (χ0) is 12.3. The van der Waals surface area contributed by atoms with Crippen molar-refractivity contribution >= 4 is 6.09 Å². The molecule has 1 aromatic rings. The smallest absolute Gasteiger partial charge is 0.410 e. The van der Waals surface area contributed by atoms with E-state index in [0.717, 1.165) is 18.4 Å². The normalized spacial score (nSPS) is 22.7. The van der Waals surface area contributed by atoms with E-state index in [4.69, 9.17) is 10.5 Å². The van der Waals surface area contributed by atoms with E-state index in [1.807, 2.05) is 30.3 Å². The van der Waals surface area contributed by atoms with Crippen LogP contribution in [0.5, 0.6) is 0 Å². The second-order valence-corrected chi connectivity index (χ2v) is 4.54. The molecule has 0 aliphatic heterocycles. The van der Waals surface area contributed by atoms with Gasteiger partial charge in [0.1, 0.15) is 6.61 Å². The SMILES string of the molecule is CN(C(=O)OCc1ccccc1)[C@H]1C[C@@H](N)C1. The Morgan fingerprint density at radius 1 is 1.41 bits per heavy atom. The van der Waals surface area contributed by atoms with Gasteiger partial charge in [0.15, 0.2) is 0 Å². The number of carbonyl (C=O) groups excluding carboxylic acids is 1. The quantitative estimate of drug-likeness (QED) is 0.866. The van der Waals surface area contributed by atoms with Gasteiger partial charge in [0.25, 0.3) is 0 Å². The van der Waals surface area contributed by atoms with E-state index < -0.39 is 0 Å². The Kier molecular flexibility index (Phi) is 3.64. The first-order chi connectivity index (χ1) is 8.16. The Morgan fingerprint density at radius 3 is 2.65 bits per heavy atom. The van der Waals surface area contributed by atoms with Gasteiger partial charge in [-0.25, -0.2) is 4.79 Å². The van der Waals surface area contributed by atoms with E-state index in [1.54, 1.807) is 11.9 Å². The Morgan fingerprint density at radius 2 is 2.06 bits per heavy atom. The number of hydrogen-bond donors (Lipinski definition) is 1. The van der Waals surface area contributed by atoms with Gasteiger partial charge >= 0.3 is 6.09 Å². The van der Waals surface area contributed by atoms with Crippen LogP contribution >= 0.6 is 0 Å². The fourth-order valence-corrected chi connectivity index (χ4v) is 1.92. The molecule has 92 valence electrons. The van der Waals surface area contributed by atoms with Crippen molar-refractivity contribution in [1.29, 1.82) is 0 Å². The monoisotopic (exact) mass is 234 g/mol. The first kappa shape index (κ1) is 11.9. The maximum absolute atomic E-state index is 11.7. The van der Waals surface area contributed by atoms with Crippen LogP contribution in [-0.2, 0) is 11.3 Å². The highest BCUT2D eigenvalue weighted by Crippen LogP contribution is 2.23. The summed E-state index contributed by atoms with van der Waals surface area (Å²) in [5.74, 6) is 0. The molecule has 0 heterocycles. The number of benzene rings is 1. The summed E-state index contributed by atoms with van der Waals surface area (Å²) in [6.07, 6.45) is 1.47. The topological polar surface area (TPSA) is 55.6 Å². The molecule has 0 radical (unpaired) electrons. The van der Waals surface area contributed by atoms with E-state index in [2.05, 4.69) is 0 Å². The predicted octanol–water partition coefficient (Wildman–Crippen LogP) is 1.74. The van der Waals surface area contributed by atoms with Crippen molar-refractivity contribution in [2.45, 2.75) is 31.5 Å². The summed E-state index contributed by atoms with van der Waals surface area (Å²) in [5.41, 5.74) is 6.69. The van der Waals surface area contributed by atoms with Crippen LogP contribution in [0.25, 0.3) is 0 Å². The van der Waals surface area contributed by atoms with Crippen molar-refractivity contribution in [2.24, 2.45) is 5.73 Å². The lowest BCUT2D eigenvalue weighted by molar-refractivity contribution is 0.0698. The number of hydrogen-bond acceptors (Lipinski definition) is 3. The highest BCUT2D eigenvalue weighted by Gasteiger charge is 2.32. The maximum Gasteiger partial charge on any atom is 0.410 e. The first-order valence-electron chi connectivity index (χ1n) is 5.86. The molecule has 1 aliphatic rings. The van der Waals surface area contributed by atoms with Crippen molar-refractivity contribution in [2.75, 3.05) is 7.05 Å². The number of carbonyl (C=O) groups is 1. The summed E-state index contributed by atoms with van der Waals surface area (Å²) in [6.45, 7) is 0.322. The number of nitrogens with two attached hydrogens (primary N) is 1. The zero-order valence-electron chi connectivity index (χ0n) is 10.0. The number of nitrogens with zero attached hydrogens (tertiary/aromatic N) is 1. The van der Waals surface area contributed by atoms with Gasteiger partial charge < -0.3 is 15.4 Å². The number of ether oxygens (including phenoxy) is 1. The summed E-state index contributed by atoms with van der Waals surface area (Å²) in [6, 6.07) is 10.2. The Hall–Kier alpha value is -1.55. The summed E-state index contributed by atoms with van der Waals surface area (Å²) in [7, 11) is 1.77. The molecule has 1 aliphatic carbocycles. The molecule has 4 nitrogen and oxygen atoms in total. The minimum atomic E-state index is -0.272. The second-order valence-electron chi connectivity index (χ2n) is 4.54. The van der Waals surface area contributed by atoms with Crippen LogP contribution in [0.2, 0.25) is 0 Å². The summed E-state index contributed by atoms with van der Waals surface area (Å²) >= 11 is 0. The minimum absolute atomic E-state index is 0.240. The van der Waals surface area contributed by atoms with Gasteiger partial charge in [0, 0.05) is 19.1 Å². The molecule has 2 N–H and O–H groups in total. The second kappa shape index (κ2) is 5.19. The van der Waals surface area contributed by atoms with Crippen molar-refractivity contribution in [3.8, 4) is 0 Å². The van der Waals surface area contributed by atoms with Crippen LogP contribution < -0.4 is 5.73 Å². The third kappa shape index (κ3) is 2.97. The fourth-order valence-electron chi connectivity index (χ4n) is 1.92. The van der Waals surface area contributed by atoms with Crippen LogP contribution in [0.4, 0.5) is 4.79 Å². The van der Waals surface area contributed by atoms with E-state index in [-0.39, 0.29) is 18.2 Å². The van der Waals surface area contributed by atoms with Gasteiger partial charge in [-0.3, -0.25) is 0 Å². The molecular weight excluding hydrogens is 216 g/mol. The van der Waals surface area contributed by atoms with E-state index in [9.17, 15) is 4.79 Å². The molecule has 1 amide bonds. The molecule has 1 fully saturated rings. The summed E-state index contributed by atoms with van der Waals surface area (Å²) < 4.78 is 5.23. The molecule has 1 saturated carbocycles. The highest BCUT2D eigenvalue weighted by molar-refractivity contribution is 5.67. The average molecular weight is 234 g/mol. The molecule has 0 bridgehead atoms. The zero-order valence-corrected chi connectivity index (χ0v) is 10.0. The lowest BCUT2D eigenvalue weighted by Crippen LogP contribution is -2.51. The van der Waals surface area contributed by atoms with Crippen LogP contribution in [0.15, 0.2) is 30.3 Å². The van der Waals surface area contributed by atoms with Crippen LogP contribution in [-0.4, -0.2) is 30.1 Å². The lowest BCUT2D eigenvalue weighted by atomic mass is 9.87. The Bertz CT molecular complexity index is 374. The van der Waals surface area contributed by atoms with Crippen LogP contribution in [0.1, 0.15) is 18.4 Å². The molecule has 4 heteroatoms.